The second kappa shape index (κ2) is 7.44. The zero-order valence-corrected chi connectivity index (χ0v) is 13.1. The topological polar surface area (TPSA) is 87.5 Å². The van der Waals surface area contributed by atoms with E-state index >= 15 is 0 Å². The Morgan fingerprint density at radius 1 is 1.35 bits per heavy atom. The van der Waals surface area contributed by atoms with Gasteiger partial charge < -0.3 is 15.3 Å². The van der Waals surface area contributed by atoms with E-state index in [-0.39, 0.29) is 12.6 Å². The normalized spacial score (nSPS) is 11.7. The van der Waals surface area contributed by atoms with Crippen LogP contribution in [0, 0.1) is 5.92 Å². The molecule has 0 bridgehead atoms. The Morgan fingerprint density at radius 2 is 2.04 bits per heavy atom. The Labute approximate surface area is 134 Å². The number of nitrogens with zero attached hydrogens (tertiary/aromatic N) is 3. The lowest BCUT2D eigenvalue weighted by Gasteiger charge is -2.19. The fraction of sp³-hybridized carbons (Fsp3) is 0.312. The number of anilines is 1. The van der Waals surface area contributed by atoms with E-state index in [1.165, 1.54) is 4.90 Å². The molecule has 7 heteroatoms. The number of nitrogens with one attached hydrogen (secondary N) is 1. The highest BCUT2D eigenvalue weighted by Crippen LogP contribution is 2.09. The van der Waals surface area contributed by atoms with Gasteiger partial charge in [0.2, 0.25) is 0 Å². The van der Waals surface area contributed by atoms with Gasteiger partial charge in [-0.15, -0.1) is 0 Å². The molecule has 0 aliphatic carbocycles. The molecule has 1 heterocycles. The molecular weight excluding hydrogens is 296 g/mol. The van der Waals surface area contributed by atoms with Crippen LogP contribution in [-0.4, -0.2) is 45.4 Å². The number of carbonyl (C=O) groups excluding carboxylic acids is 1. The van der Waals surface area contributed by atoms with Gasteiger partial charge >= 0.3 is 12.0 Å². The van der Waals surface area contributed by atoms with E-state index in [0.29, 0.717) is 12.2 Å². The van der Waals surface area contributed by atoms with Crippen LogP contribution in [0.3, 0.4) is 0 Å². The maximum absolute atomic E-state index is 12.0. The Bertz CT molecular complexity index is 669. The number of carboxylic acid groups (broad SMARTS) is 1. The Morgan fingerprint density at radius 3 is 2.70 bits per heavy atom. The van der Waals surface area contributed by atoms with Crippen molar-refractivity contribution >= 4 is 17.7 Å². The van der Waals surface area contributed by atoms with Gasteiger partial charge in [0.25, 0.3) is 0 Å². The summed E-state index contributed by atoms with van der Waals surface area (Å²) in [7, 11) is 1.56. The monoisotopic (exact) mass is 316 g/mol. The van der Waals surface area contributed by atoms with Crippen molar-refractivity contribution in [2.75, 3.05) is 18.9 Å². The number of rotatable bonds is 6. The van der Waals surface area contributed by atoms with Crippen molar-refractivity contribution in [2.24, 2.45) is 5.92 Å². The Kier molecular flexibility index (Phi) is 5.35. The minimum atomic E-state index is -0.930. The predicted molar refractivity (Wildman–Crippen MR) is 86.2 cm³/mol. The summed E-state index contributed by atoms with van der Waals surface area (Å²) in [4.78, 5) is 24.2. The number of urea groups is 1. The molecule has 1 aromatic heterocycles. The van der Waals surface area contributed by atoms with Gasteiger partial charge in [0.1, 0.15) is 0 Å². The zero-order valence-electron chi connectivity index (χ0n) is 13.1. The summed E-state index contributed by atoms with van der Waals surface area (Å²) in [5.41, 5.74) is 1.68. The third-order valence-corrected chi connectivity index (χ3v) is 3.39. The summed E-state index contributed by atoms with van der Waals surface area (Å²) < 4.78 is 1.73. The number of aromatic nitrogens is 2. The lowest BCUT2D eigenvalue weighted by Crippen LogP contribution is -2.36. The number of aliphatic carboxylic acids is 1. The van der Waals surface area contributed by atoms with E-state index in [1.54, 1.807) is 31.0 Å². The molecule has 2 N–H and O–H groups in total. The first-order valence-electron chi connectivity index (χ1n) is 7.27. The highest BCUT2D eigenvalue weighted by atomic mass is 16.4. The predicted octanol–water partition coefficient (Wildman–Crippen LogP) is 2.12. The van der Waals surface area contributed by atoms with Crippen molar-refractivity contribution in [2.45, 2.75) is 13.5 Å². The highest BCUT2D eigenvalue weighted by molar-refractivity contribution is 5.89. The molecule has 1 aromatic carbocycles. The molecule has 2 amide bonds. The van der Waals surface area contributed by atoms with E-state index in [1.807, 2.05) is 30.3 Å². The van der Waals surface area contributed by atoms with Gasteiger partial charge in [-0.1, -0.05) is 37.3 Å². The van der Waals surface area contributed by atoms with Crippen LogP contribution in [0.15, 0.2) is 42.7 Å². The molecular formula is C16H20N4O3. The number of hydrogen-bond donors (Lipinski definition) is 2. The largest absolute Gasteiger partial charge is 0.481 e. The zero-order chi connectivity index (χ0) is 16.8. The van der Waals surface area contributed by atoms with Gasteiger partial charge in [0, 0.05) is 19.8 Å². The van der Waals surface area contributed by atoms with Crippen molar-refractivity contribution in [3.63, 3.8) is 0 Å². The van der Waals surface area contributed by atoms with E-state index in [9.17, 15) is 9.59 Å². The summed E-state index contributed by atoms with van der Waals surface area (Å²) in [5.74, 6) is -1.55. The van der Waals surface area contributed by atoms with Crippen LogP contribution < -0.4 is 5.32 Å². The molecule has 2 aromatic rings. The first kappa shape index (κ1) is 16.5. The van der Waals surface area contributed by atoms with Gasteiger partial charge in [-0.2, -0.15) is 5.10 Å². The van der Waals surface area contributed by atoms with Gasteiger partial charge in [-0.3, -0.25) is 9.48 Å². The SMILES string of the molecule is CC(CN(C)C(=O)Nc1cnn(Cc2ccccc2)c1)C(=O)O. The summed E-state index contributed by atoms with van der Waals surface area (Å²) in [6.07, 6.45) is 3.30. The lowest BCUT2D eigenvalue weighted by atomic mass is 10.2. The number of benzene rings is 1. The molecule has 0 saturated carbocycles. The van der Waals surface area contributed by atoms with Crippen molar-refractivity contribution in [1.82, 2.24) is 14.7 Å². The molecule has 0 aliphatic heterocycles. The second-order valence-corrected chi connectivity index (χ2v) is 5.46. The minimum Gasteiger partial charge on any atom is -0.481 e. The molecule has 2 rings (SSSR count). The van der Waals surface area contributed by atoms with Crippen molar-refractivity contribution in [3.8, 4) is 0 Å². The number of carbonyl (C=O) groups is 2. The van der Waals surface area contributed by atoms with Gasteiger partial charge in [0.15, 0.2) is 0 Å². The van der Waals surface area contributed by atoms with Crippen LogP contribution in [0.2, 0.25) is 0 Å². The Hall–Kier alpha value is -2.83. The van der Waals surface area contributed by atoms with Crippen LogP contribution in [-0.2, 0) is 11.3 Å². The summed E-state index contributed by atoms with van der Waals surface area (Å²) in [6, 6.07) is 9.51. The molecule has 122 valence electrons. The van der Waals surface area contributed by atoms with Crippen molar-refractivity contribution in [1.29, 1.82) is 0 Å². The molecule has 23 heavy (non-hydrogen) atoms. The summed E-state index contributed by atoms with van der Waals surface area (Å²) >= 11 is 0. The minimum absolute atomic E-state index is 0.138. The fourth-order valence-electron chi connectivity index (χ4n) is 2.08. The van der Waals surface area contributed by atoms with Crippen LogP contribution in [0.1, 0.15) is 12.5 Å². The molecule has 0 radical (unpaired) electrons. The summed E-state index contributed by atoms with van der Waals surface area (Å²) in [6.45, 7) is 2.31. The quantitative estimate of drug-likeness (QED) is 0.854. The molecule has 0 saturated heterocycles. The summed E-state index contributed by atoms with van der Waals surface area (Å²) in [5, 5.41) is 15.8. The number of carboxylic acids is 1. The van der Waals surface area contributed by atoms with E-state index < -0.39 is 11.9 Å². The first-order valence-corrected chi connectivity index (χ1v) is 7.27. The number of hydrogen-bond acceptors (Lipinski definition) is 3. The van der Waals surface area contributed by atoms with Crippen LogP contribution in [0.4, 0.5) is 10.5 Å². The molecule has 1 unspecified atom stereocenters. The highest BCUT2D eigenvalue weighted by Gasteiger charge is 2.17. The van der Waals surface area contributed by atoms with Crippen LogP contribution >= 0.6 is 0 Å². The van der Waals surface area contributed by atoms with Gasteiger partial charge in [-0.25, -0.2) is 4.79 Å². The maximum Gasteiger partial charge on any atom is 0.321 e. The average Bonchev–Trinajstić information content (AvgIpc) is 2.95. The van der Waals surface area contributed by atoms with Crippen LogP contribution in [0.5, 0.6) is 0 Å². The first-order chi connectivity index (χ1) is 11.0. The molecule has 0 fully saturated rings. The van der Waals surface area contributed by atoms with E-state index in [4.69, 9.17) is 5.11 Å². The third-order valence-electron chi connectivity index (χ3n) is 3.39. The van der Waals surface area contributed by atoms with Crippen LogP contribution in [0.25, 0.3) is 0 Å². The fourth-order valence-corrected chi connectivity index (χ4v) is 2.08. The second-order valence-electron chi connectivity index (χ2n) is 5.46. The lowest BCUT2D eigenvalue weighted by molar-refractivity contribution is -0.141. The van der Waals surface area contributed by atoms with E-state index in [0.717, 1.165) is 5.56 Å². The molecule has 7 nitrogen and oxygen atoms in total. The molecule has 0 aliphatic rings. The maximum atomic E-state index is 12.0. The Balaban J connectivity index is 1.91. The number of amides is 2. The molecule has 1 atom stereocenters. The van der Waals surface area contributed by atoms with Gasteiger partial charge in [0.05, 0.1) is 24.3 Å². The van der Waals surface area contributed by atoms with Crippen molar-refractivity contribution < 1.29 is 14.7 Å². The van der Waals surface area contributed by atoms with Gasteiger partial charge in [-0.05, 0) is 5.56 Å². The average molecular weight is 316 g/mol. The smallest absolute Gasteiger partial charge is 0.321 e. The third kappa shape index (κ3) is 4.84. The standard InChI is InChI=1S/C16H20N4O3/c1-12(15(21)22)9-19(2)16(23)18-14-8-17-20(11-14)10-13-6-4-3-5-7-13/h3-8,11-12H,9-10H2,1-2H3,(H,18,23)(H,21,22). The van der Waals surface area contributed by atoms with Crippen molar-refractivity contribution in [3.05, 3.63) is 48.3 Å². The van der Waals surface area contributed by atoms with E-state index in [2.05, 4.69) is 10.4 Å². The molecule has 0 spiro atoms.